The number of aromatic nitrogens is 2. The molecule has 20 heavy (non-hydrogen) atoms. The van der Waals surface area contributed by atoms with Gasteiger partial charge >= 0.3 is 0 Å². The van der Waals surface area contributed by atoms with Crippen molar-refractivity contribution in [3.63, 3.8) is 0 Å². The highest BCUT2D eigenvalue weighted by Gasteiger charge is 2.15. The topological polar surface area (TPSA) is 76.4 Å². The van der Waals surface area contributed by atoms with Crippen molar-refractivity contribution in [1.82, 2.24) is 9.55 Å². The van der Waals surface area contributed by atoms with Crippen molar-refractivity contribution in [3.8, 4) is 5.69 Å². The lowest BCUT2D eigenvalue weighted by atomic mass is 10.1. The molecule has 106 valence electrons. The van der Waals surface area contributed by atoms with Crippen LogP contribution in [-0.4, -0.2) is 26.8 Å². The molecular formula is C14H18N4OS. The third-order valence-corrected chi connectivity index (χ3v) is 3.82. The van der Waals surface area contributed by atoms with Crippen LogP contribution in [0.3, 0.4) is 0 Å². The van der Waals surface area contributed by atoms with E-state index in [9.17, 15) is 0 Å². The summed E-state index contributed by atoms with van der Waals surface area (Å²) >= 11 is 1.56. The minimum absolute atomic E-state index is 0.112. The van der Waals surface area contributed by atoms with Gasteiger partial charge in [-0.3, -0.25) is 0 Å². The van der Waals surface area contributed by atoms with E-state index in [1.807, 2.05) is 35.2 Å². The molecule has 5 nitrogen and oxygen atoms in total. The standard InChI is InChI=1S/C14H18N4OS/c1-3-5-12-16-8-9-18(12)10-6-4-7-11(20-2)13(10)14(15)17-19/h4,6-9,19H,3,5H2,1-2H3,(H2,15,17). The number of hydrogen-bond donors (Lipinski definition) is 2. The maximum absolute atomic E-state index is 9.03. The molecule has 0 spiro atoms. The Morgan fingerprint density at radius 2 is 2.30 bits per heavy atom. The smallest absolute Gasteiger partial charge is 0.173 e. The SMILES string of the molecule is CCCc1nccn1-c1cccc(SC)c1/C(N)=N/O. The third-order valence-electron chi connectivity index (χ3n) is 3.04. The Morgan fingerprint density at radius 3 is 2.95 bits per heavy atom. The number of oxime groups is 1. The Bertz CT molecular complexity index is 621. The van der Waals surface area contributed by atoms with Crippen LogP contribution in [0.1, 0.15) is 24.7 Å². The zero-order valence-electron chi connectivity index (χ0n) is 11.6. The average molecular weight is 290 g/mol. The quantitative estimate of drug-likeness (QED) is 0.292. The first-order chi connectivity index (χ1) is 9.72. The van der Waals surface area contributed by atoms with E-state index in [1.54, 1.807) is 18.0 Å². The number of rotatable bonds is 5. The number of benzene rings is 1. The van der Waals surface area contributed by atoms with Crippen LogP contribution in [0.25, 0.3) is 5.69 Å². The van der Waals surface area contributed by atoms with Crippen LogP contribution in [0.4, 0.5) is 0 Å². The molecule has 2 aromatic rings. The van der Waals surface area contributed by atoms with Crippen LogP contribution < -0.4 is 5.73 Å². The normalized spacial score (nSPS) is 11.8. The molecule has 1 aromatic carbocycles. The summed E-state index contributed by atoms with van der Waals surface area (Å²) in [6.07, 6.45) is 7.53. The highest BCUT2D eigenvalue weighted by Crippen LogP contribution is 2.27. The molecule has 0 atom stereocenters. The first-order valence-corrected chi connectivity index (χ1v) is 7.62. The number of thioether (sulfide) groups is 1. The second-order valence-corrected chi connectivity index (χ2v) is 5.15. The number of hydrogen-bond acceptors (Lipinski definition) is 4. The lowest BCUT2D eigenvalue weighted by molar-refractivity contribution is 0.318. The lowest BCUT2D eigenvalue weighted by Crippen LogP contribution is -2.18. The van der Waals surface area contributed by atoms with Gasteiger partial charge in [0.05, 0.1) is 11.3 Å². The number of nitrogens with two attached hydrogens (primary N) is 1. The van der Waals surface area contributed by atoms with Gasteiger partial charge in [-0.1, -0.05) is 18.1 Å². The van der Waals surface area contributed by atoms with Gasteiger partial charge in [0.25, 0.3) is 0 Å². The molecule has 0 amide bonds. The molecule has 0 aliphatic carbocycles. The highest BCUT2D eigenvalue weighted by molar-refractivity contribution is 7.98. The van der Waals surface area contributed by atoms with Crippen molar-refractivity contribution in [2.75, 3.05) is 6.26 Å². The molecule has 2 rings (SSSR count). The second kappa shape index (κ2) is 6.47. The molecule has 6 heteroatoms. The number of imidazole rings is 1. The van der Waals surface area contributed by atoms with Gasteiger partial charge in [0.1, 0.15) is 5.82 Å². The summed E-state index contributed by atoms with van der Waals surface area (Å²) in [5, 5.41) is 12.2. The van der Waals surface area contributed by atoms with Crippen LogP contribution >= 0.6 is 11.8 Å². The molecule has 0 fully saturated rings. The molecular weight excluding hydrogens is 272 g/mol. The molecule has 0 bridgehead atoms. The van der Waals surface area contributed by atoms with Gasteiger partial charge in [-0.15, -0.1) is 11.8 Å². The van der Waals surface area contributed by atoms with Crippen molar-refractivity contribution in [2.24, 2.45) is 10.9 Å². The molecule has 0 saturated heterocycles. The minimum atomic E-state index is 0.112. The first kappa shape index (κ1) is 14.5. The van der Waals surface area contributed by atoms with Crippen molar-refractivity contribution >= 4 is 17.6 Å². The van der Waals surface area contributed by atoms with E-state index < -0.39 is 0 Å². The molecule has 0 radical (unpaired) electrons. The van der Waals surface area contributed by atoms with E-state index in [1.165, 1.54) is 0 Å². The summed E-state index contributed by atoms with van der Waals surface area (Å²) in [4.78, 5) is 5.34. The van der Waals surface area contributed by atoms with E-state index in [0.29, 0.717) is 0 Å². The van der Waals surface area contributed by atoms with Crippen LogP contribution in [0.2, 0.25) is 0 Å². The van der Waals surface area contributed by atoms with Crippen molar-refractivity contribution < 1.29 is 5.21 Å². The van der Waals surface area contributed by atoms with E-state index in [0.717, 1.165) is 34.8 Å². The predicted molar refractivity (Wildman–Crippen MR) is 81.9 cm³/mol. The monoisotopic (exact) mass is 290 g/mol. The molecule has 1 aromatic heterocycles. The van der Waals surface area contributed by atoms with Gasteiger partial charge < -0.3 is 15.5 Å². The number of aryl methyl sites for hydroxylation is 1. The summed E-state index contributed by atoms with van der Waals surface area (Å²) in [6, 6.07) is 5.87. The van der Waals surface area contributed by atoms with Gasteiger partial charge in [0, 0.05) is 23.7 Å². The fourth-order valence-corrected chi connectivity index (χ4v) is 2.79. The molecule has 3 N–H and O–H groups in total. The van der Waals surface area contributed by atoms with Gasteiger partial charge in [-0.25, -0.2) is 4.98 Å². The predicted octanol–water partition coefficient (Wildman–Crippen LogP) is 2.64. The molecule has 0 saturated carbocycles. The average Bonchev–Trinajstić information content (AvgIpc) is 2.94. The Labute approximate surface area is 122 Å². The second-order valence-electron chi connectivity index (χ2n) is 4.30. The lowest BCUT2D eigenvalue weighted by Gasteiger charge is -2.15. The van der Waals surface area contributed by atoms with E-state index in [4.69, 9.17) is 10.9 Å². The molecule has 0 aliphatic heterocycles. The highest BCUT2D eigenvalue weighted by atomic mass is 32.2. The Balaban J connectivity index is 2.64. The molecule has 0 unspecified atom stereocenters. The zero-order valence-corrected chi connectivity index (χ0v) is 12.4. The van der Waals surface area contributed by atoms with E-state index in [2.05, 4.69) is 17.1 Å². The van der Waals surface area contributed by atoms with Crippen LogP contribution in [0, 0.1) is 0 Å². The summed E-state index contributed by atoms with van der Waals surface area (Å²) < 4.78 is 2.00. The largest absolute Gasteiger partial charge is 0.409 e. The Kier molecular flexibility index (Phi) is 4.68. The van der Waals surface area contributed by atoms with Gasteiger partial charge in [0.2, 0.25) is 0 Å². The molecule has 1 heterocycles. The number of nitrogens with zero attached hydrogens (tertiary/aromatic N) is 3. The van der Waals surface area contributed by atoms with Crippen molar-refractivity contribution in [3.05, 3.63) is 42.0 Å². The van der Waals surface area contributed by atoms with Gasteiger partial charge in [0.15, 0.2) is 5.84 Å². The maximum Gasteiger partial charge on any atom is 0.173 e. The number of amidine groups is 1. The summed E-state index contributed by atoms with van der Waals surface area (Å²) in [7, 11) is 0. The first-order valence-electron chi connectivity index (χ1n) is 6.40. The Hall–Kier alpha value is -1.95. The fraction of sp³-hybridized carbons (Fsp3) is 0.286. The van der Waals surface area contributed by atoms with Crippen LogP contribution in [-0.2, 0) is 6.42 Å². The van der Waals surface area contributed by atoms with E-state index >= 15 is 0 Å². The van der Waals surface area contributed by atoms with E-state index in [-0.39, 0.29) is 5.84 Å². The van der Waals surface area contributed by atoms with Crippen molar-refractivity contribution in [2.45, 2.75) is 24.7 Å². The van der Waals surface area contributed by atoms with Gasteiger partial charge in [-0.05, 0) is 24.8 Å². The maximum atomic E-state index is 9.03. The summed E-state index contributed by atoms with van der Waals surface area (Å²) in [5.41, 5.74) is 7.47. The van der Waals surface area contributed by atoms with Crippen LogP contribution in [0.5, 0.6) is 0 Å². The zero-order chi connectivity index (χ0) is 14.5. The van der Waals surface area contributed by atoms with Crippen molar-refractivity contribution in [1.29, 1.82) is 0 Å². The summed E-state index contributed by atoms with van der Waals surface area (Å²) in [6.45, 7) is 2.11. The molecule has 0 aliphatic rings. The van der Waals surface area contributed by atoms with Crippen LogP contribution in [0.15, 0.2) is 40.6 Å². The minimum Gasteiger partial charge on any atom is -0.409 e. The summed E-state index contributed by atoms with van der Waals surface area (Å²) in [5.74, 6) is 1.08. The third kappa shape index (κ3) is 2.65. The fourth-order valence-electron chi connectivity index (χ4n) is 2.16. The Morgan fingerprint density at radius 1 is 1.50 bits per heavy atom. The van der Waals surface area contributed by atoms with Gasteiger partial charge in [-0.2, -0.15) is 0 Å².